The third kappa shape index (κ3) is 3.12. The average Bonchev–Trinajstić information content (AvgIpc) is 2.86. The summed E-state index contributed by atoms with van der Waals surface area (Å²) in [5.74, 6) is 0.436. The SMILES string of the molecule is COCCn1ncc(Cl)c1CC1CNCc2ccccc21. The molecule has 0 saturated heterocycles. The number of rotatable bonds is 5. The highest BCUT2D eigenvalue weighted by Gasteiger charge is 2.22. The first-order valence-electron chi connectivity index (χ1n) is 7.27. The lowest BCUT2D eigenvalue weighted by molar-refractivity contribution is 0.182. The minimum absolute atomic E-state index is 0.436. The van der Waals surface area contributed by atoms with E-state index in [1.165, 1.54) is 11.1 Å². The van der Waals surface area contributed by atoms with Crippen molar-refractivity contribution in [3.8, 4) is 0 Å². The Balaban J connectivity index is 1.83. The third-order valence-electron chi connectivity index (χ3n) is 4.05. The number of benzene rings is 1. The summed E-state index contributed by atoms with van der Waals surface area (Å²) in [5.41, 5.74) is 3.90. The summed E-state index contributed by atoms with van der Waals surface area (Å²) in [6.45, 7) is 3.30. The molecule has 0 radical (unpaired) electrons. The molecule has 1 aromatic heterocycles. The Kier molecular flexibility index (Phi) is 4.58. The van der Waals surface area contributed by atoms with Gasteiger partial charge in [-0.25, -0.2) is 0 Å². The molecule has 1 unspecified atom stereocenters. The fourth-order valence-electron chi connectivity index (χ4n) is 2.96. The highest BCUT2D eigenvalue weighted by molar-refractivity contribution is 6.31. The molecule has 3 rings (SSSR count). The lowest BCUT2D eigenvalue weighted by Crippen LogP contribution is -2.30. The monoisotopic (exact) mass is 305 g/mol. The van der Waals surface area contributed by atoms with Gasteiger partial charge in [-0.3, -0.25) is 4.68 Å². The number of nitrogens with zero attached hydrogens (tertiary/aromatic N) is 2. The summed E-state index contributed by atoms with van der Waals surface area (Å²) >= 11 is 6.33. The first-order valence-corrected chi connectivity index (χ1v) is 7.65. The molecule has 0 saturated carbocycles. The van der Waals surface area contributed by atoms with E-state index in [1.807, 2.05) is 4.68 Å². The number of fused-ring (bicyclic) bond motifs is 1. The van der Waals surface area contributed by atoms with Crippen LogP contribution in [0, 0.1) is 0 Å². The minimum Gasteiger partial charge on any atom is -0.383 e. The first-order chi connectivity index (χ1) is 10.3. The molecular formula is C16H20ClN3O. The molecular weight excluding hydrogens is 286 g/mol. The number of ether oxygens (including phenoxy) is 1. The summed E-state index contributed by atoms with van der Waals surface area (Å²) in [6, 6.07) is 8.63. The van der Waals surface area contributed by atoms with Crippen LogP contribution < -0.4 is 5.32 Å². The maximum Gasteiger partial charge on any atom is 0.0818 e. The summed E-state index contributed by atoms with van der Waals surface area (Å²) in [5, 5.41) is 8.59. The van der Waals surface area contributed by atoms with Crippen molar-refractivity contribution in [1.82, 2.24) is 15.1 Å². The molecule has 0 amide bonds. The van der Waals surface area contributed by atoms with Crippen LogP contribution in [0.4, 0.5) is 0 Å². The van der Waals surface area contributed by atoms with E-state index >= 15 is 0 Å². The molecule has 1 aromatic carbocycles. The van der Waals surface area contributed by atoms with Gasteiger partial charge in [-0.1, -0.05) is 35.9 Å². The van der Waals surface area contributed by atoms with Gasteiger partial charge in [-0.15, -0.1) is 0 Å². The maximum atomic E-state index is 6.33. The van der Waals surface area contributed by atoms with Gasteiger partial charge in [0.2, 0.25) is 0 Å². The van der Waals surface area contributed by atoms with Gasteiger partial charge >= 0.3 is 0 Å². The van der Waals surface area contributed by atoms with E-state index < -0.39 is 0 Å². The highest BCUT2D eigenvalue weighted by atomic mass is 35.5. The van der Waals surface area contributed by atoms with E-state index in [-0.39, 0.29) is 0 Å². The van der Waals surface area contributed by atoms with Crippen molar-refractivity contribution in [1.29, 1.82) is 0 Å². The molecule has 0 fully saturated rings. The van der Waals surface area contributed by atoms with Crippen LogP contribution in [0.2, 0.25) is 5.02 Å². The molecule has 112 valence electrons. The molecule has 21 heavy (non-hydrogen) atoms. The zero-order valence-electron chi connectivity index (χ0n) is 12.2. The molecule has 1 atom stereocenters. The number of nitrogens with one attached hydrogen (secondary N) is 1. The van der Waals surface area contributed by atoms with E-state index in [4.69, 9.17) is 16.3 Å². The quantitative estimate of drug-likeness (QED) is 0.923. The second-order valence-corrected chi connectivity index (χ2v) is 5.79. The van der Waals surface area contributed by atoms with E-state index in [0.717, 1.165) is 36.8 Å². The van der Waals surface area contributed by atoms with Crippen LogP contribution >= 0.6 is 11.6 Å². The Bertz CT molecular complexity index is 611. The van der Waals surface area contributed by atoms with E-state index in [0.29, 0.717) is 12.5 Å². The van der Waals surface area contributed by atoms with Crippen LogP contribution in [-0.2, 0) is 24.2 Å². The van der Waals surface area contributed by atoms with E-state index in [1.54, 1.807) is 13.3 Å². The number of aromatic nitrogens is 2. The molecule has 5 heteroatoms. The molecule has 0 spiro atoms. The Hall–Kier alpha value is -1.36. The van der Waals surface area contributed by atoms with E-state index in [9.17, 15) is 0 Å². The maximum absolute atomic E-state index is 6.33. The molecule has 1 N–H and O–H groups in total. The summed E-state index contributed by atoms with van der Waals surface area (Å²) < 4.78 is 7.10. The molecule has 1 aliphatic rings. The summed E-state index contributed by atoms with van der Waals surface area (Å²) in [6.07, 6.45) is 2.63. The molecule has 0 bridgehead atoms. The Morgan fingerprint density at radius 2 is 2.29 bits per heavy atom. The molecule has 2 aromatic rings. The Labute approximate surface area is 130 Å². The van der Waals surface area contributed by atoms with Gasteiger partial charge in [-0.05, 0) is 17.5 Å². The van der Waals surface area contributed by atoms with Crippen molar-refractivity contribution in [3.63, 3.8) is 0 Å². The zero-order chi connectivity index (χ0) is 14.7. The lowest BCUT2D eigenvalue weighted by atomic mass is 9.87. The van der Waals surface area contributed by atoms with Gasteiger partial charge in [0.05, 0.1) is 30.1 Å². The van der Waals surface area contributed by atoms with Crippen molar-refractivity contribution < 1.29 is 4.74 Å². The minimum atomic E-state index is 0.436. The van der Waals surface area contributed by atoms with Crippen LogP contribution in [0.5, 0.6) is 0 Å². The summed E-state index contributed by atoms with van der Waals surface area (Å²) in [4.78, 5) is 0. The standard InChI is InChI=1S/C16H20ClN3O/c1-21-7-6-20-16(15(17)11-19-20)8-13-10-18-9-12-4-2-3-5-14(12)13/h2-5,11,13,18H,6-10H2,1H3. The third-order valence-corrected chi connectivity index (χ3v) is 4.36. The topological polar surface area (TPSA) is 39.1 Å². The Morgan fingerprint density at radius 1 is 1.43 bits per heavy atom. The average molecular weight is 306 g/mol. The van der Waals surface area contributed by atoms with Crippen molar-refractivity contribution in [2.24, 2.45) is 0 Å². The predicted molar refractivity (Wildman–Crippen MR) is 83.7 cm³/mol. The zero-order valence-corrected chi connectivity index (χ0v) is 12.9. The van der Waals surface area contributed by atoms with Gasteiger partial charge in [0.15, 0.2) is 0 Å². The number of methoxy groups -OCH3 is 1. The van der Waals surface area contributed by atoms with E-state index in [2.05, 4.69) is 34.7 Å². The van der Waals surface area contributed by atoms with Crippen LogP contribution in [0.25, 0.3) is 0 Å². The van der Waals surface area contributed by atoms with Gasteiger partial charge in [0.1, 0.15) is 0 Å². The van der Waals surface area contributed by atoms with Crippen LogP contribution in [-0.4, -0.2) is 30.0 Å². The fourth-order valence-corrected chi connectivity index (χ4v) is 3.18. The summed E-state index contributed by atoms with van der Waals surface area (Å²) in [7, 11) is 1.70. The van der Waals surface area contributed by atoms with Crippen LogP contribution in [0.1, 0.15) is 22.7 Å². The number of hydrogen-bond donors (Lipinski definition) is 1. The molecule has 4 nitrogen and oxygen atoms in total. The van der Waals surface area contributed by atoms with Gasteiger partial charge in [0, 0.05) is 26.1 Å². The largest absolute Gasteiger partial charge is 0.383 e. The predicted octanol–water partition coefficient (Wildman–Crippen LogP) is 2.61. The molecule has 2 heterocycles. The highest BCUT2D eigenvalue weighted by Crippen LogP contribution is 2.29. The number of hydrogen-bond acceptors (Lipinski definition) is 3. The Morgan fingerprint density at radius 3 is 3.14 bits per heavy atom. The normalized spacial score (nSPS) is 17.7. The molecule has 0 aliphatic carbocycles. The first kappa shape index (κ1) is 14.6. The smallest absolute Gasteiger partial charge is 0.0818 e. The van der Waals surface area contributed by atoms with Crippen molar-refractivity contribution in [2.75, 3.05) is 20.3 Å². The number of halogens is 1. The van der Waals surface area contributed by atoms with Crippen molar-refractivity contribution in [2.45, 2.75) is 25.4 Å². The van der Waals surface area contributed by atoms with Gasteiger partial charge in [0.25, 0.3) is 0 Å². The van der Waals surface area contributed by atoms with Crippen LogP contribution in [0.15, 0.2) is 30.5 Å². The second kappa shape index (κ2) is 6.60. The second-order valence-electron chi connectivity index (χ2n) is 5.39. The van der Waals surface area contributed by atoms with Crippen LogP contribution in [0.3, 0.4) is 0 Å². The lowest BCUT2D eigenvalue weighted by Gasteiger charge is -2.26. The van der Waals surface area contributed by atoms with Gasteiger partial charge in [-0.2, -0.15) is 5.10 Å². The van der Waals surface area contributed by atoms with Crippen molar-refractivity contribution >= 4 is 11.6 Å². The van der Waals surface area contributed by atoms with Gasteiger partial charge < -0.3 is 10.1 Å². The van der Waals surface area contributed by atoms with Crippen molar-refractivity contribution in [3.05, 3.63) is 52.3 Å². The fraction of sp³-hybridized carbons (Fsp3) is 0.438. The molecule has 1 aliphatic heterocycles.